The largest absolute Gasteiger partial charge is 0.468 e. The highest BCUT2D eigenvalue weighted by atomic mass is 32.2. The lowest BCUT2D eigenvalue weighted by atomic mass is 10.3. The fourth-order valence-corrected chi connectivity index (χ4v) is 2.06. The Hall–Kier alpha value is -1.10. The SMILES string of the molecule is CCC(Sc1ccoc1C)/C(N)=N/O. The molecule has 0 aliphatic rings. The van der Waals surface area contributed by atoms with Crippen LogP contribution < -0.4 is 5.73 Å². The van der Waals surface area contributed by atoms with Crippen molar-refractivity contribution in [2.75, 3.05) is 0 Å². The second kappa shape index (κ2) is 4.95. The molecule has 1 heterocycles. The lowest BCUT2D eigenvalue weighted by Gasteiger charge is -2.11. The van der Waals surface area contributed by atoms with Crippen molar-refractivity contribution in [3.8, 4) is 0 Å². The second-order valence-corrected chi connectivity index (χ2v) is 4.13. The van der Waals surface area contributed by atoms with E-state index in [4.69, 9.17) is 15.4 Å². The van der Waals surface area contributed by atoms with Crippen LogP contribution in [-0.2, 0) is 0 Å². The normalized spacial score (nSPS) is 14.3. The highest BCUT2D eigenvalue weighted by molar-refractivity contribution is 8.00. The molecule has 1 aromatic heterocycles. The molecule has 0 aliphatic heterocycles. The molecule has 0 amide bonds. The molecule has 0 fully saturated rings. The van der Waals surface area contributed by atoms with E-state index in [2.05, 4.69) is 5.16 Å². The third kappa shape index (κ3) is 2.45. The van der Waals surface area contributed by atoms with Gasteiger partial charge in [0.25, 0.3) is 0 Å². The third-order valence-electron chi connectivity index (χ3n) is 1.90. The highest BCUT2D eigenvalue weighted by Gasteiger charge is 2.15. The molecule has 3 N–H and O–H groups in total. The number of thioether (sulfide) groups is 1. The van der Waals surface area contributed by atoms with Crippen molar-refractivity contribution in [1.29, 1.82) is 0 Å². The summed E-state index contributed by atoms with van der Waals surface area (Å²) >= 11 is 1.55. The van der Waals surface area contributed by atoms with Crippen LogP contribution in [0.15, 0.2) is 26.8 Å². The van der Waals surface area contributed by atoms with Gasteiger partial charge in [0.2, 0.25) is 0 Å². The summed E-state index contributed by atoms with van der Waals surface area (Å²) in [5.41, 5.74) is 5.54. The van der Waals surface area contributed by atoms with E-state index in [1.54, 1.807) is 18.0 Å². The molecule has 1 aromatic rings. The van der Waals surface area contributed by atoms with Crippen molar-refractivity contribution in [2.24, 2.45) is 10.9 Å². The predicted octanol–water partition coefficient (Wildman–Crippen LogP) is 2.21. The lowest BCUT2D eigenvalue weighted by Crippen LogP contribution is -2.25. The lowest BCUT2D eigenvalue weighted by molar-refractivity contribution is 0.317. The summed E-state index contributed by atoms with van der Waals surface area (Å²) < 4.78 is 5.16. The fraction of sp³-hybridized carbons (Fsp3) is 0.444. The number of hydrogen-bond donors (Lipinski definition) is 2. The maximum Gasteiger partial charge on any atom is 0.152 e. The number of nitrogens with two attached hydrogens (primary N) is 1. The molecule has 78 valence electrons. The van der Waals surface area contributed by atoms with Gasteiger partial charge in [-0.25, -0.2) is 0 Å². The summed E-state index contributed by atoms with van der Waals surface area (Å²) in [6, 6.07) is 1.88. The first kappa shape index (κ1) is 11.0. The average Bonchev–Trinajstić information content (AvgIpc) is 2.59. The van der Waals surface area contributed by atoms with E-state index in [9.17, 15) is 0 Å². The van der Waals surface area contributed by atoms with Crippen LogP contribution in [0.3, 0.4) is 0 Å². The molecule has 0 radical (unpaired) electrons. The zero-order valence-corrected chi connectivity index (χ0v) is 9.04. The van der Waals surface area contributed by atoms with Crippen LogP contribution in [0.2, 0.25) is 0 Å². The molecular weight excluding hydrogens is 200 g/mol. The molecule has 4 nitrogen and oxygen atoms in total. The van der Waals surface area contributed by atoms with E-state index in [1.165, 1.54) is 0 Å². The first-order valence-electron chi connectivity index (χ1n) is 4.37. The maximum absolute atomic E-state index is 8.56. The average molecular weight is 214 g/mol. The molecule has 0 saturated carbocycles. The summed E-state index contributed by atoms with van der Waals surface area (Å²) in [7, 11) is 0. The quantitative estimate of drug-likeness (QED) is 0.265. The van der Waals surface area contributed by atoms with Gasteiger partial charge in [-0.3, -0.25) is 0 Å². The Morgan fingerprint density at radius 3 is 2.93 bits per heavy atom. The monoisotopic (exact) mass is 214 g/mol. The summed E-state index contributed by atoms with van der Waals surface area (Å²) in [4.78, 5) is 1.03. The number of aryl methyl sites for hydroxylation is 1. The Morgan fingerprint density at radius 1 is 1.79 bits per heavy atom. The zero-order valence-electron chi connectivity index (χ0n) is 8.23. The Balaban J connectivity index is 2.71. The topological polar surface area (TPSA) is 71.8 Å². The minimum Gasteiger partial charge on any atom is -0.468 e. The number of hydrogen-bond acceptors (Lipinski definition) is 4. The van der Waals surface area contributed by atoms with Gasteiger partial charge >= 0.3 is 0 Å². The molecule has 0 aliphatic carbocycles. The van der Waals surface area contributed by atoms with Gasteiger partial charge in [-0.15, -0.1) is 11.8 Å². The van der Waals surface area contributed by atoms with Crippen molar-refractivity contribution in [3.05, 3.63) is 18.1 Å². The van der Waals surface area contributed by atoms with Crippen LogP contribution in [0, 0.1) is 6.92 Å². The Labute approximate surface area is 87.2 Å². The summed E-state index contributed by atoms with van der Waals surface area (Å²) in [5, 5.41) is 11.6. The van der Waals surface area contributed by atoms with Gasteiger partial charge in [0.15, 0.2) is 5.84 Å². The van der Waals surface area contributed by atoms with Gasteiger partial charge in [-0.1, -0.05) is 12.1 Å². The van der Waals surface area contributed by atoms with Gasteiger partial charge in [-0.05, 0) is 19.4 Å². The molecule has 14 heavy (non-hydrogen) atoms. The Kier molecular flexibility index (Phi) is 3.88. The zero-order chi connectivity index (χ0) is 10.6. The van der Waals surface area contributed by atoms with Crippen LogP contribution >= 0.6 is 11.8 Å². The summed E-state index contributed by atoms with van der Waals surface area (Å²) in [5.74, 6) is 1.11. The summed E-state index contributed by atoms with van der Waals surface area (Å²) in [6.45, 7) is 3.88. The second-order valence-electron chi connectivity index (χ2n) is 2.88. The minimum atomic E-state index is -0.00343. The van der Waals surface area contributed by atoms with Crippen LogP contribution in [0.5, 0.6) is 0 Å². The number of amidine groups is 1. The molecule has 1 unspecified atom stereocenters. The smallest absolute Gasteiger partial charge is 0.152 e. The van der Waals surface area contributed by atoms with Crippen LogP contribution in [0.25, 0.3) is 0 Å². The van der Waals surface area contributed by atoms with Crippen molar-refractivity contribution in [3.63, 3.8) is 0 Å². The van der Waals surface area contributed by atoms with E-state index in [1.807, 2.05) is 19.9 Å². The van der Waals surface area contributed by atoms with Crippen LogP contribution in [0.4, 0.5) is 0 Å². The van der Waals surface area contributed by atoms with E-state index in [0.717, 1.165) is 17.1 Å². The van der Waals surface area contributed by atoms with E-state index in [0.29, 0.717) is 0 Å². The van der Waals surface area contributed by atoms with Crippen LogP contribution in [0.1, 0.15) is 19.1 Å². The maximum atomic E-state index is 8.56. The molecule has 0 saturated heterocycles. The first-order chi connectivity index (χ1) is 6.69. The molecule has 5 heteroatoms. The standard InChI is InChI=1S/C9H14N2O2S/c1-3-7(9(10)11-12)14-8-4-5-13-6(8)2/h4-5,7,12H,3H2,1-2H3,(H2,10,11). The molecule has 0 bridgehead atoms. The number of nitrogens with zero attached hydrogens (tertiary/aromatic N) is 1. The molecule has 1 atom stereocenters. The van der Waals surface area contributed by atoms with E-state index in [-0.39, 0.29) is 11.1 Å². The van der Waals surface area contributed by atoms with Gasteiger partial charge in [0, 0.05) is 4.90 Å². The minimum absolute atomic E-state index is 0.00343. The van der Waals surface area contributed by atoms with Gasteiger partial charge in [-0.2, -0.15) is 0 Å². The van der Waals surface area contributed by atoms with Crippen LogP contribution in [-0.4, -0.2) is 16.3 Å². The van der Waals surface area contributed by atoms with E-state index < -0.39 is 0 Å². The van der Waals surface area contributed by atoms with Gasteiger partial charge in [0.1, 0.15) is 5.76 Å². The third-order valence-corrected chi connectivity index (χ3v) is 3.43. The number of rotatable bonds is 4. The molecule has 1 rings (SSSR count). The summed E-state index contributed by atoms with van der Waals surface area (Å²) in [6.07, 6.45) is 2.45. The van der Waals surface area contributed by atoms with E-state index >= 15 is 0 Å². The number of oxime groups is 1. The van der Waals surface area contributed by atoms with Crippen molar-refractivity contribution < 1.29 is 9.62 Å². The van der Waals surface area contributed by atoms with Crippen molar-refractivity contribution >= 4 is 17.6 Å². The highest BCUT2D eigenvalue weighted by Crippen LogP contribution is 2.28. The molecule has 0 aromatic carbocycles. The van der Waals surface area contributed by atoms with Gasteiger partial charge < -0.3 is 15.4 Å². The van der Waals surface area contributed by atoms with Crippen molar-refractivity contribution in [2.45, 2.75) is 30.4 Å². The number of furan rings is 1. The Bertz CT molecular complexity index is 322. The predicted molar refractivity (Wildman–Crippen MR) is 56.8 cm³/mol. The molecular formula is C9H14N2O2S. The van der Waals surface area contributed by atoms with Gasteiger partial charge in [0.05, 0.1) is 11.5 Å². The van der Waals surface area contributed by atoms with Crippen molar-refractivity contribution in [1.82, 2.24) is 0 Å². The fourth-order valence-electron chi connectivity index (χ4n) is 1.07. The molecule has 0 spiro atoms. The Morgan fingerprint density at radius 2 is 2.50 bits per heavy atom. The first-order valence-corrected chi connectivity index (χ1v) is 5.25.